The number of halogens is 1. The average molecular weight is 522 g/mol. The van der Waals surface area contributed by atoms with Crippen molar-refractivity contribution in [3.05, 3.63) is 22.4 Å². The van der Waals surface area contributed by atoms with Crippen molar-refractivity contribution in [1.82, 2.24) is 20.4 Å². The van der Waals surface area contributed by atoms with Crippen LogP contribution >= 0.6 is 35.3 Å². The Morgan fingerprint density at radius 3 is 2.57 bits per heavy atom. The first-order chi connectivity index (χ1) is 13.1. The van der Waals surface area contributed by atoms with Gasteiger partial charge < -0.3 is 20.3 Å². The van der Waals surface area contributed by atoms with Gasteiger partial charge in [-0.15, -0.1) is 35.3 Å². The number of guanidine groups is 1. The molecule has 1 aromatic rings. The van der Waals surface area contributed by atoms with Gasteiger partial charge in [-0.3, -0.25) is 9.89 Å². The summed E-state index contributed by atoms with van der Waals surface area (Å²) in [6.45, 7) is 5.83. The van der Waals surface area contributed by atoms with E-state index in [1.165, 1.54) is 30.8 Å². The van der Waals surface area contributed by atoms with Gasteiger partial charge in [-0.25, -0.2) is 0 Å². The zero-order chi connectivity index (χ0) is 19.1. The molecule has 0 bridgehead atoms. The van der Waals surface area contributed by atoms with E-state index in [9.17, 15) is 0 Å². The lowest BCUT2D eigenvalue weighted by atomic mass is 9.88. The standard InChI is InChI=1S/C20H35N5OS.HI/c1-21-19(23-16-20(24(2)3)8-12-26-13-9-20)22-15-17(18-7-6-14-27-18)25-10-4-5-11-25;/h6-7,14,17H,4-5,8-13,15-16H2,1-3H3,(H2,21,22,23);1H. The third-order valence-corrected chi connectivity index (χ3v) is 7.07. The molecule has 28 heavy (non-hydrogen) atoms. The maximum absolute atomic E-state index is 5.58. The summed E-state index contributed by atoms with van der Waals surface area (Å²) in [5, 5.41) is 9.34. The summed E-state index contributed by atoms with van der Waals surface area (Å²) in [6.07, 6.45) is 4.72. The molecule has 8 heteroatoms. The molecule has 3 rings (SSSR count). The molecule has 0 aliphatic carbocycles. The lowest BCUT2D eigenvalue weighted by Gasteiger charge is -2.43. The first-order valence-electron chi connectivity index (χ1n) is 10.1. The molecule has 0 radical (unpaired) electrons. The number of thiophene rings is 1. The van der Waals surface area contributed by atoms with Gasteiger partial charge in [-0.1, -0.05) is 6.07 Å². The molecule has 0 amide bonds. The van der Waals surface area contributed by atoms with Gasteiger partial charge in [-0.2, -0.15) is 0 Å². The summed E-state index contributed by atoms with van der Waals surface area (Å²) in [7, 11) is 6.20. The minimum atomic E-state index is 0. The van der Waals surface area contributed by atoms with Crippen molar-refractivity contribution < 1.29 is 4.74 Å². The van der Waals surface area contributed by atoms with E-state index in [0.717, 1.165) is 45.1 Å². The molecule has 1 aromatic heterocycles. The van der Waals surface area contributed by atoms with Gasteiger partial charge in [0.2, 0.25) is 0 Å². The Hall–Kier alpha value is -0.420. The minimum Gasteiger partial charge on any atom is -0.381 e. The number of likely N-dealkylation sites (N-methyl/N-ethyl adjacent to an activating group) is 1. The maximum atomic E-state index is 5.58. The first kappa shape index (κ1) is 23.9. The van der Waals surface area contributed by atoms with Gasteiger partial charge in [0.05, 0.1) is 6.04 Å². The Kier molecular flexibility index (Phi) is 9.96. The molecular formula is C20H36IN5OS. The fourth-order valence-corrected chi connectivity index (χ4v) is 5.00. The molecule has 0 spiro atoms. The number of nitrogens with zero attached hydrogens (tertiary/aromatic N) is 3. The molecule has 1 atom stereocenters. The van der Waals surface area contributed by atoms with Crippen LogP contribution in [0.5, 0.6) is 0 Å². The fourth-order valence-electron chi connectivity index (χ4n) is 4.14. The number of hydrogen-bond acceptors (Lipinski definition) is 5. The molecule has 0 saturated carbocycles. The van der Waals surface area contributed by atoms with Crippen LogP contribution < -0.4 is 10.6 Å². The van der Waals surface area contributed by atoms with Crippen molar-refractivity contribution in [1.29, 1.82) is 0 Å². The summed E-state index contributed by atoms with van der Waals surface area (Å²) in [4.78, 5) is 10.9. The number of likely N-dealkylation sites (tertiary alicyclic amines) is 1. The maximum Gasteiger partial charge on any atom is 0.191 e. The molecule has 0 aromatic carbocycles. The van der Waals surface area contributed by atoms with Crippen LogP contribution in [0.2, 0.25) is 0 Å². The zero-order valence-corrected chi connectivity index (χ0v) is 20.6. The average Bonchev–Trinajstić information content (AvgIpc) is 3.39. The van der Waals surface area contributed by atoms with Gasteiger partial charge in [-0.05, 0) is 64.3 Å². The zero-order valence-electron chi connectivity index (χ0n) is 17.4. The molecule has 2 N–H and O–H groups in total. The van der Waals surface area contributed by atoms with E-state index in [1.807, 2.05) is 18.4 Å². The van der Waals surface area contributed by atoms with Crippen molar-refractivity contribution in [3.63, 3.8) is 0 Å². The topological polar surface area (TPSA) is 52.1 Å². The predicted molar refractivity (Wildman–Crippen MR) is 129 cm³/mol. The predicted octanol–water partition coefficient (Wildman–Crippen LogP) is 2.78. The van der Waals surface area contributed by atoms with Crippen LogP contribution in [0.1, 0.15) is 36.6 Å². The highest BCUT2D eigenvalue weighted by atomic mass is 127. The van der Waals surface area contributed by atoms with Gasteiger partial charge in [0.1, 0.15) is 0 Å². The molecule has 6 nitrogen and oxygen atoms in total. The lowest BCUT2D eigenvalue weighted by molar-refractivity contribution is -0.00502. The Balaban J connectivity index is 0.00000280. The van der Waals surface area contributed by atoms with E-state index in [1.54, 1.807) is 0 Å². The van der Waals surface area contributed by atoms with Crippen molar-refractivity contribution in [2.75, 3.05) is 60.5 Å². The van der Waals surface area contributed by atoms with Crippen LogP contribution in [0.4, 0.5) is 0 Å². The van der Waals surface area contributed by atoms with Crippen LogP contribution in [-0.4, -0.2) is 81.8 Å². The molecule has 2 aliphatic heterocycles. The van der Waals surface area contributed by atoms with Crippen molar-refractivity contribution in [3.8, 4) is 0 Å². The van der Waals surface area contributed by atoms with Gasteiger partial charge in [0.25, 0.3) is 0 Å². The van der Waals surface area contributed by atoms with Gasteiger partial charge >= 0.3 is 0 Å². The summed E-state index contributed by atoms with van der Waals surface area (Å²) < 4.78 is 5.58. The number of aliphatic imine (C=N–C) groups is 1. The van der Waals surface area contributed by atoms with Crippen molar-refractivity contribution in [2.24, 2.45) is 4.99 Å². The lowest BCUT2D eigenvalue weighted by Crippen LogP contribution is -2.57. The molecule has 1 unspecified atom stereocenters. The quantitative estimate of drug-likeness (QED) is 0.329. The molecule has 2 fully saturated rings. The van der Waals surface area contributed by atoms with Crippen LogP contribution in [0.3, 0.4) is 0 Å². The molecule has 2 aliphatic rings. The third-order valence-electron chi connectivity index (χ3n) is 6.10. The number of rotatable bonds is 7. The Morgan fingerprint density at radius 1 is 1.29 bits per heavy atom. The van der Waals surface area contributed by atoms with E-state index in [0.29, 0.717) is 6.04 Å². The highest BCUT2D eigenvalue weighted by Gasteiger charge is 2.35. The SMILES string of the molecule is CN=C(NCC(c1cccs1)N1CCCC1)NCC1(N(C)C)CCOCC1.I. The Morgan fingerprint density at radius 2 is 2.00 bits per heavy atom. The largest absolute Gasteiger partial charge is 0.381 e. The smallest absolute Gasteiger partial charge is 0.191 e. The van der Waals surface area contributed by atoms with Crippen LogP contribution in [-0.2, 0) is 4.74 Å². The molecule has 3 heterocycles. The van der Waals surface area contributed by atoms with E-state index >= 15 is 0 Å². The number of nitrogens with one attached hydrogen (secondary N) is 2. The normalized spacial score (nSPS) is 21.4. The molecular weight excluding hydrogens is 485 g/mol. The molecule has 160 valence electrons. The number of hydrogen-bond donors (Lipinski definition) is 2. The van der Waals surface area contributed by atoms with E-state index < -0.39 is 0 Å². The highest BCUT2D eigenvalue weighted by Crippen LogP contribution is 2.28. The monoisotopic (exact) mass is 521 g/mol. The highest BCUT2D eigenvalue weighted by molar-refractivity contribution is 14.0. The third kappa shape index (κ3) is 6.04. The van der Waals surface area contributed by atoms with Crippen molar-refractivity contribution in [2.45, 2.75) is 37.3 Å². The molecule has 2 saturated heterocycles. The summed E-state index contributed by atoms with van der Waals surface area (Å²) >= 11 is 1.85. The summed E-state index contributed by atoms with van der Waals surface area (Å²) in [5.41, 5.74) is 0.137. The van der Waals surface area contributed by atoms with E-state index in [-0.39, 0.29) is 29.5 Å². The fraction of sp³-hybridized carbons (Fsp3) is 0.750. The summed E-state index contributed by atoms with van der Waals surface area (Å²) in [6, 6.07) is 4.84. The first-order valence-corrected chi connectivity index (χ1v) is 11.0. The second kappa shape index (κ2) is 11.7. The Bertz CT molecular complexity index is 583. The van der Waals surface area contributed by atoms with E-state index in [4.69, 9.17) is 4.74 Å². The summed E-state index contributed by atoms with van der Waals surface area (Å²) in [5.74, 6) is 0.892. The van der Waals surface area contributed by atoms with Gasteiger partial charge in [0.15, 0.2) is 5.96 Å². The van der Waals surface area contributed by atoms with Crippen LogP contribution in [0, 0.1) is 0 Å². The Labute approximate surface area is 191 Å². The van der Waals surface area contributed by atoms with Crippen LogP contribution in [0.15, 0.2) is 22.5 Å². The van der Waals surface area contributed by atoms with Crippen molar-refractivity contribution >= 4 is 41.3 Å². The second-order valence-electron chi connectivity index (χ2n) is 7.81. The minimum absolute atomic E-state index is 0. The van der Waals surface area contributed by atoms with E-state index in [2.05, 4.69) is 57.0 Å². The van der Waals surface area contributed by atoms with Gasteiger partial charge in [0, 0.05) is 43.8 Å². The van der Waals surface area contributed by atoms with Crippen LogP contribution in [0.25, 0.3) is 0 Å². The second-order valence-corrected chi connectivity index (χ2v) is 8.79. The number of ether oxygens (including phenoxy) is 1.